The molecule has 6 heteroatoms. The van der Waals surface area contributed by atoms with Gasteiger partial charge < -0.3 is 10.5 Å². The van der Waals surface area contributed by atoms with E-state index in [-0.39, 0.29) is 0 Å². The topological polar surface area (TPSA) is 52.3 Å². The van der Waals surface area contributed by atoms with Crippen molar-refractivity contribution in [2.75, 3.05) is 0 Å². The molecular formula is C14H10Cl2INO2. The van der Waals surface area contributed by atoms with Gasteiger partial charge in [-0.25, -0.2) is 0 Å². The maximum Gasteiger partial charge on any atom is 0.248 e. The molecule has 104 valence electrons. The SMILES string of the molecule is NC(=O)c1ccc(OCc2ccc(Cl)c(Cl)c2)c(I)c1. The zero-order valence-corrected chi connectivity index (χ0v) is 13.9. The maximum absolute atomic E-state index is 11.1. The molecule has 0 aromatic heterocycles. The predicted molar refractivity (Wildman–Crippen MR) is 88.5 cm³/mol. The first-order valence-corrected chi connectivity index (χ1v) is 7.47. The summed E-state index contributed by atoms with van der Waals surface area (Å²) in [7, 11) is 0. The van der Waals surface area contributed by atoms with E-state index in [0.717, 1.165) is 9.13 Å². The molecule has 0 aliphatic rings. The van der Waals surface area contributed by atoms with Gasteiger partial charge in [-0.2, -0.15) is 0 Å². The zero-order chi connectivity index (χ0) is 14.7. The van der Waals surface area contributed by atoms with E-state index in [1.807, 2.05) is 6.07 Å². The average molecular weight is 422 g/mol. The Morgan fingerprint density at radius 1 is 1.15 bits per heavy atom. The van der Waals surface area contributed by atoms with E-state index in [4.69, 9.17) is 33.7 Å². The van der Waals surface area contributed by atoms with Gasteiger partial charge in [0.1, 0.15) is 12.4 Å². The number of carbonyl (C=O) groups excluding carboxylic acids is 1. The van der Waals surface area contributed by atoms with Gasteiger partial charge in [0.15, 0.2) is 0 Å². The number of hydrogen-bond acceptors (Lipinski definition) is 2. The van der Waals surface area contributed by atoms with Gasteiger partial charge in [-0.1, -0.05) is 29.3 Å². The van der Waals surface area contributed by atoms with Gasteiger partial charge in [0.2, 0.25) is 5.91 Å². The third-order valence-corrected chi connectivity index (χ3v) is 4.18. The third-order valence-electron chi connectivity index (χ3n) is 2.59. The molecule has 0 saturated carbocycles. The van der Waals surface area contributed by atoms with E-state index in [1.54, 1.807) is 30.3 Å². The van der Waals surface area contributed by atoms with E-state index in [2.05, 4.69) is 22.6 Å². The molecule has 0 fully saturated rings. The lowest BCUT2D eigenvalue weighted by Gasteiger charge is -2.09. The van der Waals surface area contributed by atoms with Crippen molar-refractivity contribution in [1.29, 1.82) is 0 Å². The number of halogens is 3. The van der Waals surface area contributed by atoms with Crippen LogP contribution >= 0.6 is 45.8 Å². The van der Waals surface area contributed by atoms with Crippen LogP contribution in [-0.2, 0) is 6.61 Å². The van der Waals surface area contributed by atoms with Crippen molar-refractivity contribution in [3.05, 3.63) is 61.1 Å². The number of carbonyl (C=O) groups is 1. The molecule has 1 amide bonds. The minimum Gasteiger partial charge on any atom is -0.488 e. The minimum atomic E-state index is -0.459. The maximum atomic E-state index is 11.1. The molecule has 2 rings (SSSR count). The second kappa shape index (κ2) is 6.65. The molecule has 20 heavy (non-hydrogen) atoms. The molecule has 0 bridgehead atoms. The lowest BCUT2D eigenvalue weighted by molar-refractivity contribution is 0.1000. The first kappa shape index (κ1) is 15.4. The van der Waals surface area contributed by atoms with Crippen LogP contribution in [-0.4, -0.2) is 5.91 Å². The van der Waals surface area contributed by atoms with Gasteiger partial charge in [0.25, 0.3) is 0 Å². The summed E-state index contributed by atoms with van der Waals surface area (Å²) in [5.74, 6) is 0.223. The van der Waals surface area contributed by atoms with Gasteiger partial charge in [-0.05, 0) is 58.5 Å². The van der Waals surface area contributed by atoms with E-state index >= 15 is 0 Å². The Hall–Kier alpha value is -0.980. The Balaban J connectivity index is 2.10. The van der Waals surface area contributed by atoms with Crippen molar-refractivity contribution < 1.29 is 9.53 Å². The molecule has 0 unspecified atom stereocenters. The molecule has 0 heterocycles. The Bertz CT molecular complexity index is 662. The number of hydrogen-bond donors (Lipinski definition) is 1. The summed E-state index contributed by atoms with van der Waals surface area (Å²) in [6.07, 6.45) is 0. The number of primary amides is 1. The Morgan fingerprint density at radius 3 is 2.50 bits per heavy atom. The van der Waals surface area contributed by atoms with Crippen molar-refractivity contribution in [2.24, 2.45) is 5.73 Å². The second-order valence-corrected chi connectivity index (χ2v) is 6.02. The number of rotatable bonds is 4. The lowest BCUT2D eigenvalue weighted by Crippen LogP contribution is -2.11. The van der Waals surface area contributed by atoms with E-state index in [9.17, 15) is 4.79 Å². The monoisotopic (exact) mass is 421 g/mol. The third kappa shape index (κ3) is 3.77. The normalized spacial score (nSPS) is 10.3. The molecular weight excluding hydrogens is 412 g/mol. The molecule has 0 spiro atoms. The number of nitrogens with two attached hydrogens (primary N) is 1. The molecule has 2 aromatic rings. The number of amides is 1. The smallest absolute Gasteiger partial charge is 0.248 e. The minimum absolute atomic E-state index is 0.364. The van der Waals surface area contributed by atoms with Crippen molar-refractivity contribution in [2.45, 2.75) is 6.61 Å². The van der Waals surface area contributed by atoms with Crippen LogP contribution in [0.5, 0.6) is 5.75 Å². The summed E-state index contributed by atoms with van der Waals surface area (Å²) in [6, 6.07) is 10.4. The molecule has 0 atom stereocenters. The molecule has 3 nitrogen and oxygen atoms in total. The van der Waals surface area contributed by atoms with Crippen LogP contribution < -0.4 is 10.5 Å². The predicted octanol–water partition coefficient (Wildman–Crippen LogP) is 4.28. The summed E-state index contributed by atoms with van der Waals surface area (Å²) >= 11 is 13.9. The van der Waals surface area contributed by atoms with Crippen LogP contribution in [0.1, 0.15) is 15.9 Å². The molecule has 2 N–H and O–H groups in total. The molecule has 2 aromatic carbocycles. The zero-order valence-electron chi connectivity index (χ0n) is 10.2. The van der Waals surface area contributed by atoms with Crippen LogP contribution in [0, 0.1) is 3.57 Å². The number of ether oxygens (including phenoxy) is 1. The van der Waals surface area contributed by atoms with Crippen LogP contribution in [0.15, 0.2) is 36.4 Å². The summed E-state index contributed by atoms with van der Waals surface area (Å²) in [5, 5.41) is 1.00. The Kier molecular flexibility index (Phi) is 5.12. The first-order chi connectivity index (χ1) is 9.47. The molecule has 0 aliphatic carbocycles. The van der Waals surface area contributed by atoms with Crippen molar-refractivity contribution in [3.8, 4) is 5.75 Å². The summed E-state index contributed by atoms with van der Waals surface area (Å²) in [6.45, 7) is 0.364. The van der Waals surface area contributed by atoms with Crippen LogP contribution in [0.2, 0.25) is 10.0 Å². The second-order valence-electron chi connectivity index (χ2n) is 4.05. The molecule has 0 saturated heterocycles. The number of benzene rings is 2. The van der Waals surface area contributed by atoms with E-state index < -0.39 is 5.91 Å². The lowest BCUT2D eigenvalue weighted by atomic mass is 10.2. The van der Waals surface area contributed by atoms with Gasteiger partial charge >= 0.3 is 0 Å². The van der Waals surface area contributed by atoms with Crippen LogP contribution in [0.25, 0.3) is 0 Å². The average Bonchev–Trinajstić information content (AvgIpc) is 2.41. The van der Waals surface area contributed by atoms with Gasteiger partial charge in [0.05, 0.1) is 13.6 Å². The largest absolute Gasteiger partial charge is 0.488 e. The van der Waals surface area contributed by atoms with E-state index in [1.165, 1.54) is 0 Å². The highest BCUT2D eigenvalue weighted by Gasteiger charge is 2.07. The van der Waals surface area contributed by atoms with Crippen LogP contribution in [0.4, 0.5) is 0 Å². The van der Waals surface area contributed by atoms with Crippen LogP contribution in [0.3, 0.4) is 0 Å². The Morgan fingerprint density at radius 2 is 1.90 bits per heavy atom. The van der Waals surface area contributed by atoms with Gasteiger partial charge in [-0.3, -0.25) is 4.79 Å². The first-order valence-electron chi connectivity index (χ1n) is 5.63. The van der Waals surface area contributed by atoms with Crippen molar-refractivity contribution >= 4 is 51.7 Å². The fraction of sp³-hybridized carbons (Fsp3) is 0.0714. The summed E-state index contributed by atoms with van der Waals surface area (Å²) < 4.78 is 6.51. The Labute approximate surface area is 140 Å². The highest BCUT2D eigenvalue weighted by Crippen LogP contribution is 2.25. The highest BCUT2D eigenvalue weighted by molar-refractivity contribution is 14.1. The highest BCUT2D eigenvalue weighted by atomic mass is 127. The van der Waals surface area contributed by atoms with Crippen molar-refractivity contribution in [1.82, 2.24) is 0 Å². The summed E-state index contributed by atoms with van der Waals surface area (Å²) in [4.78, 5) is 11.1. The standard InChI is InChI=1S/C14H10Cl2INO2/c15-10-3-1-8(5-11(10)16)7-20-13-4-2-9(14(18)19)6-12(13)17/h1-6H,7H2,(H2,18,19). The summed E-state index contributed by atoms with van der Waals surface area (Å²) in [5.41, 5.74) is 6.58. The molecule has 0 aliphatic heterocycles. The van der Waals surface area contributed by atoms with Gasteiger partial charge in [0, 0.05) is 5.56 Å². The quantitative estimate of drug-likeness (QED) is 0.749. The fourth-order valence-electron chi connectivity index (χ4n) is 1.56. The van der Waals surface area contributed by atoms with Crippen molar-refractivity contribution in [3.63, 3.8) is 0 Å². The fourth-order valence-corrected chi connectivity index (χ4v) is 2.55. The van der Waals surface area contributed by atoms with E-state index in [0.29, 0.717) is 28.0 Å². The molecule has 0 radical (unpaired) electrons. The van der Waals surface area contributed by atoms with Gasteiger partial charge in [-0.15, -0.1) is 0 Å².